The Kier molecular flexibility index (Phi) is 20.5. The number of allylic oxidation sites excluding steroid dienone is 2. The lowest BCUT2D eigenvalue weighted by Gasteiger charge is -2.73. The number of nitrogens with zero attached hydrogens (tertiary/aromatic N) is 6. The molecule has 0 spiro atoms. The van der Waals surface area contributed by atoms with Crippen molar-refractivity contribution in [1.82, 2.24) is 29.7 Å². The van der Waals surface area contributed by atoms with Gasteiger partial charge in [0.1, 0.15) is 0 Å². The van der Waals surface area contributed by atoms with Crippen molar-refractivity contribution >= 4 is 48.6 Å². The maximum atomic E-state index is 12.6. The summed E-state index contributed by atoms with van der Waals surface area (Å²) in [6.45, 7) is 6.91. The predicted octanol–water partition coefficient (Wildman–Crippen LogP) is 5.60. The van der Waals surface area contributed by atoms with Crippen LogP contribution in [0.1, 0.15) is 41.5 Å². The van der Waals surface area contributed by atoms with Crippen molar-refractivity contribution in [2.45, 2.75) is 41.5 Å². The Hall–Kier alpha value is -8.16. The number of carboxylic acids is 6. The molecule has 0 aromatic carbocycles. The third-order valence-electron chi connectivity index (χ3n) is 12.7. The van der Waals surface area contributed by atoms with Gasteiger partial charge in [-0.3, -0.25) is 48.7 Å². The molecule has 70 heavy (non-hydrogen) atoms. The van der Waals surface area contributed by atoms with Crippen molar-refractivity contribution in [2.24, 2.45) is 45.3 Å². The number of hydrogen-bond donors (Lipinski definition) is 6. The minimum absolute atomic E-state index is 0.327. The van der Waals surface area contributed by atoms with E-state index in [1.165, 1.54) is 32.1 Å². The van der Waals surface area contributed by atoms with Gasteiger partial charge in [-0.2, -0.15) is 0 Å². The Balaban J connectivity index is 0.000000393. The molecule has 2 saturated carbocycles. The Labute approximate surface area is 405 Å². The SMILES string of the molecule is C/C(=C/C1[C@](C)(C(=O)O)C(C2[C@](C)(C(=O)O)C(/C=C(/C)C(=O)O)[C@@]2(C)C(=O)O)[C@@]1(C)C(=O)O)C(=O)O.CN(C)C=O.CN(C)C=O.c1cc(-c2ccncc2)ccn1.c1cc(-c2ccncc2)ccn1. The lowest BCUT2D eigenvalue weighted by atomic mass is 9.26. The Morgan fingerprint density at radius 2 is 0.600 bits per heavy atom. The maximum Gasteiger partial charge on any atom is 0.330 e. The van der Waals surface area contributed by atoms with E-state index in [9.17, 15) is 69.0 Å². The first-order chi connectivity index (χ1) is 32.7. The van der Waals surface area contributed by atoms with Crippen LogP contribution in [0.5, 0.6) is 0 Å². The molecule has 4 heterocycles. The van der Waals surface area contributed by atoms with Crippen molar-refractivity contribution in [1.29, 1.82) is 0 Å². The van der Waals surface area contributed by atoms with E-state index < -0.39 is 81.1 Å². The summed E-state index contributed by atoms with van der Waals surface area (Å²) in [4.78, 5) is 111. The van der Waals surface area contributed by atoms with E-state index in [-0.39, 0.29) is 11.1 Å². The molecule has 2 aliphatic carbocycles. The summed E-state index contributed by atoms with van der Waals surface area (Å²) in [7, 11) is 6.75. The lowest BCUT2D eigenvalue weighted by molar-refractivity contribution is -0.285. The van der Waals surface area contributed by atoms with Crippen LogP contribution >= 0.6 is 0 Å². The second-order valence-electron chi connectivity index (χ2n) is 17.7. The summed E-state index contributed by atoms with van der Waals surface area (Å²) in [6.07, 6.45) is 17.8. The van der Waals surface area contributed by atoms with Crippen LogP contribution in [0.3, 0.4) is 0 Å². The predicted molar refractivity (Wildman–Crippen MR) is 254 cm³/mol. The summed E-state index contributed by atoms with van der Waals surface area (Å²) in [5, 5.41) is 59.5. The molecule has 0 unspecified atom stereocenters. The van der Waals surface area contributed by atoms with Crippen molar-refractivity contribution in [3.05, 3.63) is 121 Å². The molecule has 2 fully saturated rings. The molecule has 2 amide bonds. The van der Waals surface area contributed by atoms with Crippen LogP contribution in [-0.2, 0) is 38.4 Å². The normalized spacial score (nSPS) is 25.1. The Morgan fingerprint density at radius 3 is 0.729 bits per heavy atom. The summed E-state index contributed by atoms with van der Waals surface area (Å²) < 4.78 is 0. The number of aromatic nitrogens is 4. The van der Waals surface area contributed by atoms with Gasteiger partial charge in [0.2, 0.25) is 12.8 Å². The monoisotopic (exact) mass is 968 g/mol. The van der Waals surface area contributed by atoms with Crippen molar-refractivity contribution in [3.63, 3.8) is 0 Å². The van der Waals surface area contributed by atoms with Gasteiger partial charge in [0.25, 0.3) is 0 Å². The molecule has 4 aromatic heterocycles. The van der Waals surface area contributed by atoms with Crippen LogP contribution in [0.15, 0.2) is 121 Å². The van der Waals surface area contributed by atoms with Gasteiger partial charge in [0, 0.05) is 101 Å². The fraction of sp³-hybridized carbons (Fsp3) is 0.360. The van der Waals surface area contributed by atoms with Crippen LogP contribution < -0.4 is 0 Å². The maximum absolute atomic E-state index is 12.6. The number of rotatable bonds is 13. The van der Waals surface area contributed by atoms with Gasteiger partial charge in [-0.15, -0.1) is 0 Å². The fourth-order valence-corrected chi connectivity index (χ4v) is 9.03. The molecular weight excluding hydrogens is 909 g/mol. The largest absolute Gasteiger partial charge is 0.481 e. The van der Waals surface area contributed by atoms with E-state index >= 15 is 0 Å². The fourth-order valence-electron chi connectivity index (χ4n) is 9.03. The van der Waals surface area contributed by atoms with E-state index in [1.54, 1.807) is 77.8 Å². The highest BCUT2D eigenvalue weighted by molar-refractivity contribution is 5.92. The molecule has 6 N–H and O–H groups in total. The molecule has 2 aliphatic rings. The number of carbonyl (C=O) groups excluding carboxylic acids is 2. The van der Waals surface area contributed by atoms with E-state index in [0.717, 1.165) is 66.5 Å². The first-order valence-electron chi connectivity index (χ1n) is 21.3. The van der Waals surface area contributed by atoms with Gasteiger partial charge >= 0.3 is 35.8 Å². The van der Waals surface area contributed by atoms with Crippen LogP contribution in [0.4, 0.5) is 0 Å². The zero-order chi connectivity index (χ0) is 53.4. The molecule has 0 aliphatic heterocycles. The molecule has 374 valence electrons. The first-order valence-corrected chi connectivity index (χ1v) is 21.3. The molecule has 4 atom stereocenters. The van der Waals surface area contributed by atoms with Crippen LogP contribution in [0, 0.1) is 45.3 Å². The molecule has 0 radical (unpaired) electrons. The van der Waals surface area contributed by atoms with Gasteiger partial charge in [-0.25, -0.2) is 9.59 Å². The molecule has 6 rings (SSSR count). The third kappa shape index (κ3) is 12.7. The molecule has 0 saturated heterocycles. The van der Waals surface area contributed by atoms with Crippen LogP contribution in [0.25, 0.3) is 22.3 Å². The number of amides is 2. The van der Waals surface area contributed by atoms with Crippen molar-refractivity contribution < 1.29 is 69.0 Å². The van der Waals surface area contributed by atoms with Gasteiger partial charge in [0.15, 0.2) is 0 Å². The molecule has 20 heteroatoms. The summed E-state index contributed by atoms with van der Waals surface area (Å²) >= 11 is 0. The average molecular weight is 969 g/mol. The number of carbonyl (C=O) groups is 8. The molecular formula is C50H60N6O14. The molecule has 20 nitrogen and oxygen atoms in total. The zero-order valence-electron chi connectivity index (χ0n) is 40.5. The second-order valence-corrected chi connectivity index (χ2v) is 17.7. The highest BCUT2D eigenvalue weighted by Crippen LogP contribution is 2.78. The van der Waals surface area contributed by atoms with Crippen LogP contribution in [-0.4, -0.2) is 137 Å². The minimum Gasteiger partial charge on any atom is -0.481 e. The van der Waals surface area contributed by atoms with E-state index in [4.69, 9.17) is 0 Å². The van der Waals surface area contributed by atoms with E-state index in [2.05, 4.69) is 19.9 Å². The zero-order valence-corrected chi connectivity index (χ0v) is 40.5. The number of hydrogen-bond acceptors (Lipinski definition) is 12. The second kappa shape index (κ2) is 24.7. The number of carboxylic acid groups (broad SMARTS) is 6. The van der Waals surface area contributed by atoms with Crippen molar-refractivity contribution in [3.8, 4) is 22.3 Å². The highest BCUT2D eigenvalue weighted by Gasteiger charge is 2.84. The van der Waals surface area contributed by atoms with Crippen molar-refractivity contribution in [2.75, 3.05) is 28.2 Å². The minimum atomic E-state index is -2.06. The Morgan fingerprint density at radius 1 is 0.429 bits per heavy atom. The van der Waals surface area contributed by atoms with E-state index in [0.29, 0.717) is 0 Å². The van der Waals surface area contributed by atoms with E-state index in [1.807, 2.05) is 48.5 Å². The average Bonchev–Trinajstić information content (AvgIpc) is 3.34. The molecule has 0 bridgehead atoms. The quantitative estimate of drug-likeness (QED) is 0.0701. The van der Waals surface area contributed by atoms with Gasteiger partial charge in [-0.05, 0) is 124 Å². The standard InChI is InChI=1S/C24H30O12.2C10H8N2.2C3H7NO/c1-9(15(25)26)7-11-21(3,17(29)30)13(22(11,4)18(31)32)14-23(5,19(33)34)12(8-10(2)16(27)28)24(14,6)20(35)36;2*1-5-11-6-2-9(1)10-3-7-12-8-4-10;2*1-4(2)3-5/h7-8,11-14H,1-6H3,(H,25,26)(H,27,28)(H,29,30)(H,31,32)(H,33,34)(H,35,36);2*1-8H;2*3H,1-2H3/b9-7-,10-8-;;;;/t11?,12?,13?,14?,21-,22-,23+,24+;;;;. The van der Waals surface area contributed by atoms with Crippen LogP contribution in [0.2, 0.25) is 0 Å². The topological polar surface area (TPSA) is 316 Å². The summed E-state index contributed by atoms with van der Waals surface area (Å²) in [6, 6.07) is 15.9. The number of pyridine rings is 4. The first kappa shape index (κ1) is 58.0. The highest BCUT2D eigenvalue weighted by atomic mass is 16.4. The Bertz CT molecular complexity index is 2220. The smallest absolute Gasteiger partial charge is 0.330 e. The summed E-state index contributed by atoms with van der Waals surface area (Å²) in [5.41, 5.74) is -4.19. The van der Waals surface area contributed by atoms with Gasteiger partial charge < -0.3 is 40.4 Å². The lowest BCUT2D eigenvalue weighted by Crippen LogP contribution is -2.79. The van der Waals surface area contributed by atoms with Gasteiger partial charge in [0.05, 0.1) is 21.7 Å². The van der Waals surface area contributed by atoms with Gasteiger partial charge in [-0.1, -0.05) is 12.2 Å². The third-order valence-corrected chi connectivity index (χ3v) is 12.7. The number of aliphatic carboxylic acids is 6. The summed E-state index contributed by atoms with van der Waals surface area (Å²) in [5.74, 6) is -15.0. The molecule has 4 aromatic rings.